The van der Waals surface area contributed by atoms with Gasteiger partial charge in [0.05, 0.1) is 11.1 Å². The zero-order chi connectivity index (χ0) is 16.6. The van der Waals surface area contributed by atoms with Crippen molar-refractivity contribution in [3.63, 3.8) is 0 Å². The van der Waals surface area contributed by atoms with Crippen molar-refractivity contribution in [1.29, 1.82) is 0 Å². The summed E-state index contributed by atoms with van der Waals surface area (Å²) in [7, 11) is 0. The molecule has 0 unspecified atom stereocenters. The van der Waals surface area contributed by atoms with E-state index in [1.165, 1.54) is 12.1 Å². The summed E-state index contributed by atoms with van der Waals surface area (Å²) in [4.78, 5) is 22.7. The van der Waals surface area contributed by atoms with Crippen LogP contribution >= 0.6 is 0 Å². The summed E-state index contributed by atoms with van der Waals surface area (Å²) < 4.78 is 15.4. The van der Waals surface area contributed by atoms with Gasteiger partial charge in [-0.1, -0.05) is 19.1 Å². The van der Waals surface area contributed by atoms with Crippen molar-refractivity contribution in [1.82, 2.24) is 4.57 Å². The highest BCUT2D eigenvalue weighted by Gasteiger charge is 2.12. The van der Waals surface area contributed by atoms with Gasteiger partial charge in [-0.25, -0.2) is 9.18 Å². The first kappa shape index (κ1) is 15.0. The molecule has 0 spiro atoms. The molecule has 0 aliphatic carbocycles. The molecule has 0 bridgehead atoms. The molecule has 3 rings (SSSR count). The maximum Gasteiger partial charge on any atom is 0.338 e. The molecule has 3 aromatic rings. The van der Waals surface area contributed by atoms with E-state index in [9.17, 15) is 14.0 Å². The largest absolute Gasteiger partial charge is 0.478 e. The quantitative estimate of drug-likeness (QED) is 0.788. The van der Waals surface area contributed by atoms with Gasteiger partial charge in [-0.3, -0.25) is 9.36 Å². The number of halogens is 1. The molecule has 1 N–H and O–H groups in total. The van der Waals surface area contributed by atoms with Gasteiger partial charge >= 0.3 is 5.97 Å². The second-order valence-electron chi connectivity index (χ2n) is 5.21. The van der Waals surface area contributed by atoms with Crippen molar-refractivity contribution in [3.05, 3.63) is 60.0 Å². The van der Waals surface area contributed by atoms with Crippen molar-refractivity contribution in [2.75, 3.05) is 0 Å². The summed E-state index contributed by atoms with van der Waals surface area (Å²) in [5, 5.41) is 9.74. The van der Waals surface area contributed by atoms with Crippen molar-refractivity contribution in [2.45, 2.75) is 13.3 Å². The lowest BCUT2D eigenvalue weighted by Gasteiger charge is -2.06. The Morgan fingerprint density at radius 2 is 1.78 bits per heavy atom. The van der Waals surface area contributed by atoms with E-state index in [2.05, 4.69) is 0 Å². The van der Waals surface area contributed by atoms with Crippen LogP contribution in [0.2, 0.25) is 0 Å². The number of carbonyl (C=O) groups is 2. The SMILES string of the molecule is CCC(=O)n1ccc2cc(-c3ccc(C(=O)O)c(F)c3)ccc21. The topological polar surface area (TPSA) is 59.3 Å². The first-order valence-electron chi connectivity index (χ1n) is 7.18. The van der Waals surface area contributed by atoms with Gasteiger partial charge in [0.1, 0.15) is 5.82 Å². The van der Waals surface area contributed by atoms with Gasteiger partial charge in [0, 0.05) is 18.0 Å². The van der Waals surface area contributed by atoms with Gasteiger partial charge in [0.25, 0.3) is 0 Å². The predicted molar refractivity (Wildman–Crippen MR) is 85.2 cm³/mol. The highest BCUT2D eigenvalue weighted by atomic mass is 19.1. The third-order valence-electron chi connectivity index (χ3n) is 3.79. The van der Waals surface area contributed by atoms with Crippen LogP contribution in [0.1, 0.15) is 28.5 Å². The van der Waals surface area contributed by atoms with E-state index in [0.29, 0.717) is 12.0 Å². The van der Waals surface area contributed by atoms with Crippen LogP contribution in [0.5, 0.6) is 0 Å². The maximum atomic E-state index is 13.8. The molecular weight excluding hydrogens is 297 g/mol. The number of carboxylic acid groups (broad SMARTS) is 1. The molecule has 1 aromatic heterocycles. The first-order valence-corrected chi connectivity index (χ1v) is 7.18. The molecule has 0 aliphatic rings. The van der Waals surface area contributed by atoms with Gasteiger partial charge in [0.2, 0.25) is 5.91 Å². The van der Waals surface area contributed by atoms with E-state index in [0.717, 1.165) is 16.5 Å². The lowest BCUT2D eigenvalue weighted by atomic mass is 10.0. The number of fused-ring (bicyclic) bond motifs is 1. The van der Waals surface area contributed by atoms with E-state index in [4.69, 9.17) is 5.11 Å². The number of carbonyl (C=O) groups excluding carboxylic acids is 1. The molecule has 5 heteroatoms. The number of aromatic carboxylic acids is 1. The highest BCUT2D eigenvalue weighted by molar-refractivity contribution is 5.94. The summed E-state index contributed by atoms with van der Waals surface area (Å²) in [6, 6.07) is 11.3. The van der Waals surface area contributed by atoms with Crippen molar-refractivity contribution >= 4 is 22.8 Å². The van der Waals surface area contributed by atoms with Crippen molar-refractivity contribution in [2.24, 2.45) is 0 Å². The lowest BCUT2D eigenvalue weighted by Crippen LogP contribution is -2.06. The average molecular weight is 311 g/mol. The molecule has 0 saturated carbocycles. The summed E-state index contributed by atoms with van der Waals surface area (Å²) in [6.07, 6.45) is 2.13. The Morgan fingerprint density at radius 1 is 1.09 bits per heavy atom. The minimum absolute atomic E-state index is 0.00426. The van der Waals surface area contributed by atoms with Crippen molar-refractivity contribution < 1.29 is 19.1 Å². The number of hydrogen-bond donors (Lipinski definition) is 1. The van der Waals surface area contributed by atoms with Gasteiger partial charge < -0.3 is 5.11 Å². The van der Waals surface area contributed by atoms with Crippen LogP contribution in [0.15, 0.2) is 48.7 Å². The Hall–Kier alpha value is -2.95. The third kappa shape index (κ3) is 2.61. The fourth-order valence-electron chi connectivity index (χ4n) is 2.58. The number of hydrogen-bond acceptors (Lipinski definition) is 2. The minimum atomic E-state index is -1.29. The molecule has 116 valence electrons. The summed E-state index contributed by atoms with van der Waals surface area (Å²) in [5.74, 6) is -2.06. The van der Waals surface area contributed by atoms with Crippen LogP contribution in [0.4, 0.5) is 4.39 Å². The number of aromatic nitrogens is 1. The van der Waals surface area contributed by atoms with Gasteiger partial charge in [-0.2, -0.15) is 0 Å². The Kier molecular flexibility index (Phi) is 3.70. The van der Waals surface area contributed by atoms with E-state index >= 15 is 0 Å². The lowest BCUT2D eigenvalue weighted by molar-refractivity contribution is 0.0691. The molecule has 0 atom stereocenters. The summed E-state index contributed by atoms with van der Waals surface area (Å²) in [5.41, 5.74) is 1.79. The van der Waals surface area contributed by atoms with E-state index in [1.54, 1.807) is 35.9 Å². The summed E-state index contributed by atoms with van der Waals surface area (Å²) >= 11 is 0. The van der Waals surface area contributed by atoms with Crippen molar-refractivity contribution in [3.8, 4) is 11.1 Å². The fourth-order valence-corrected chi connectivity index (χ4v) is 2.58. The second-order valence-corrected chi connectivity index (χ2v) is 5.21. The molecule has 23 heavy (non-hydrogen) atoms. The monoisotopic (exact) mass is 311 g/mol. The van der Waals surface area contributed by atoms with Crippen LogP contribution < -0.4 is 0 Å². The predicted octanol–water partition coefficient (Wildman–Crippen LogP) is 4.20. The van der Waals surface area contributed by atoms with E-state index in [1.807, 2.05) is 12.1 Å². The minimum Gasteiger partial charge on any atom is -0.478 e. The van der Waals surface area contributed by atoms with Crippen LogP contribution in [-0.2, 0) is 0 Å². The second kappa shape index (κ2) is 5.68. The van der Waals surface area contributed by atoms with Gasteiger partial charge in [0.15, 0.2) is 0 Å². The zero-order valence-electron chi connectivity index (χ0n) is 12.4. The molecule has 0 fully saturated rings. The first-order chi connectivity index (χ1) is 11.0. The molecule has 2 aromatic carbocycles. The number of carboxylic acids is 1. The fraction of sp³-hybridized carbons (Fsp3) is 0.111. The average Bonchev–Trinajstić information content (AvgIpc) is 2.96. The maximum absolute atomic E-state index is 13.8. The third-order valence-corrected chi connectivity index (χ3v) is 3.79. The summed E-state index contributed by atoms with van der Waals surface area (Å²) in [6.45, 7) is 1.80. The van der Waals surface area contributed by atoms with Crippen LogP contribution in [0.25, 0.3) is 22.0 Å². The Bertz CT molecular complexity index is 927. The molecule has 0 amide bonds. The molecule has 1 heterocycles. The molecule has 0 aliphatic heterocycles. The number of rotatable bonds is 3. The van der Waals surface area contributed by atoms with Gasteiger partial charge in [-0.05, 0) is 41.5 Å². The smallest absolute Gasteiger partial charge is 0.338 e. The molecule has 0 radical (unpaired) electrons. The van der Waals surface area contributed by atoms with E-state index < -0.39 is 11.8 Å². The zero-order valence-corrected chi connectivity index (χ0v) is 12.4. The standard InChI is InChI=1S/C18H14FNO3/c1-2-17(21)20-8-7-13-9-11(4-6-16(13)20)12-3-5-14(18(22)23)15(19)10-12/h3-10H,2H2,1H3,(H,22,23). The van der Waals surface area contributed by atoms with E-state index in [-0.39, 0.29) is 11.5 Å². The van der Waals surface area contributed by atoms with Crippen LogP contribution in [0, 0.1) is 5.82 Å². The normalized spacial score (nSPS) is 10.9. The Balaban J connectivity index is 2.06. The van der Waals surface area contributed by atoms with Crippen LogP contribution in [0.3, 0.4) is 0 Å². The molecular formula is C18H14FNO3. The number of nitrogens with zero attached hydrogens (tertiary/aromatic N) is 1. The Labute approximate surface area is 131 Å². The highest BCUT2D eigenvalue weighted by Crippen LogP contribution is 2.27. The van der Waals surface area contributed by atoms with Gasteiger partial charge in [-0.15, -0.1) is 0 Å². The molecule has 4 nitrogen and oxygen atoms in total. The van der Waals surface area contributed by atoms with Crippen LogP contribution in [-0.4, -0.2) is 21.6 Å². The Morgan fingerprint density at radius 3 is 2.43 bits per heavy atom. The number of benzene rings is 2. The molecule has 0 saturated heterocycles.